The third kappa shape index (κ3) is 2.70. The second-order valence-corrected chi connectivity index (χ2v) is 6.13. The fourth-order valence-corrected chi connectivity index (χ4v) is 3.53. The number of hydrogen-bond acceptors (Lipinski definition) is 0. The predicted octanol–water partition coefficient (Wildman–Crippen LogP) is 5.34. The molecule has 0 aromatic carbocycles. The molecule has 3 unspecified atom stereocenters. The average molecular weight is 220 g/mol. The predicted molar refractivity (Wildman–Crippen MR) is 71.5 cm³/mol. The third-order valence-corrected chi connectivity index (χ3v) is 4.73. The first-order valence-electron chi connectivity index (χ1n) is 7.45. The van der Waals surface area contributed by atoms with Gasteiger partial charge in [-0.1, -0.05) is 51.2 Å². The third-order valence-electron chi connectivity index (χ3n) is 4.73. The van der Waals surface area contributed by atoms with Crippen molar-refractivity contribution in [1.29, 1.82) is 0 Å². The van der Waals surface area contributed by atoms with E-state index in [0.29, 0.717) is 0 Å². The van der Waals surface area contributed by atoms with Crippen molar-refractivity contribution in [3.05, 3.63) is 11.1 Å². The molecule has 0 aromatic rings. The molecule has 16 heavy (non-hydrogen) atoms. The lowest BCUT2D eigenvalue weighted by molar-refractivity contribution is 0.302. The monoisotopic (exact) mass is 220 g/mol. The average Bonchev–Trinajstić information content (AvgIpc) is 2.98. The van der Waals surface area contributed by atoms with Crippen LogP contribution in [0.15, 0.2) is 11.1 Å². The van der Waals surface area contributed by atoms with Gasteiger partial charge in [0, 0.05) is 0 Å². The Labute approximate surface area is 102 Å². The van der Waals surface area contributed by atoms with Crippen molar-refractivity contribution in [2.45, 2.75) is 72.1 Å². The van der Waals surface area contributed by atoms with E-state index in [9.17, 15) is 0 Å². The summed E-state index contributed by atoms with van der Waals surface area (Å²) in [6, 6.07) is 0. The number of hydrogen-bond donors (Lipinski definition) is 0. The molecule has 92 valence electrons. The molecule has 2 fully saturated rings. The van der Waals surface area contributed by atoms with Gasteiger partial charge in [0.05, 0.1) is 0 Å². The van der Waals surface area contributed by atoms with Gasteiger partial charge in [-0.3, -0.25) is 0 Å². The first kappa shape index (κ1) is 12.2. The van der Waals surface area contributed by atoms with E-state index in [1.54, 1.807) is 0 Å². The molecule has 0 nitrogen and oxygen atoms in total. The van der Waals surface area contributed by atoms with Crippen molar-refractivity contribution in [3.63, 3.8) is 0 Å². The van der Waals surface area contributed by atoms with Gasteiger partial charge < -0.3 is 0 Å². The van der Waals surface area contributed by atoms with Crippen LogP contribution in [0.3, 0.4) is 0 Å². The Morgan fingerprint density at radius 2 is 1.88 bits per heavy atom. The van der Waals surface area contributed by atoms with Crippen LogP contribution in [0.5, 0.6) is 0 Å². The summed E-state index contributed by atoms with van der Waals surface area (Å²) in [5, 5.41) is 0. The van der Waals surface area contributed by atoms with E-state index >= 15 is 0 Å². The van der Waals surface area contributed by atoms with Gasteiger partial charge in [-0.05, 0) is 49.9 Å². The summed E-state index contributed by atoms with van der Waals surface area (Å²) in [6.45, 7) is 7.21. The Bertz CT molecular complexity index is 261. The number of rotatable bonds is 4. The highest BCUT2D eigenvalue weighted by atomic mass is 14.4. The van der Waals surface area contributed by atoms with Crippen molar-refractivity contribution in [1.82, 2.24) is 0 Å². The zero-order chi connectivity index (χ0) is 11.5. The molecule has 2 aliphatic carbocycles. The van der Waals surface area contributed by atoms with Crippen LogP contribution in [0, 0.1) is 17.8 Å². The molecule has 0 aliphatic heterocycles. The Hall–Kier alpha value is -0.260. The largest absolute Gasteiger partial charge is 0.0673 e. The van der Waals surface area contributed by atoms with Gasteiger partial charge in [0.1, 0.15) is 0 Å². The smallest absolute Gasteiger partial charge is 0.0175 e. The van der Waals surface area contributed by atoms with Crippen LogP contribution in [0.4, 0.5) is 0 Å². The molecular weight excluding hydrogens is 192 g/mol. The van der Waals surface area contributed by atoms with E-state index in [1.165, 1.54) is 51.4 Å². The van der Waals surface area contributed by atoms with Gasteiger partial charge in [0.15, 0.2) is 0 Å². The molecule has 3 atom stereocenters. The van der Waals surface area contributed by atoms with E-state index in [4.69, 9.17) is 0 Å². The van der Waals surface area contributed by atoms with Crippen LogP contribution in [-0.2, 0) is 0 Å². The molecule has 2 aliphatic rings. The fraction of sp³-hybridized carbons (Fsp3) is 0.875. The van der Waals surface area contributed by atoms with Crippen molar-refractivity contribution in [2.75, 3.05) is 0 Å². The lowest BCUT2D eigenvalue weighted by Gasteiger charge is -2.32. The SMILES string of the molecule is CCCCCC1C(=C2CC2C)CCCC1C. The molecule has 0 amide bonds. The van der Waals surface area contributed by atoms with Gasteiger partial charge in [-0.2, -0.15) is 0 Å². The second-order valence-electron chi connectivity index (χ2n) is 6.13. The minimum atomic E-state index is 0.939. The zero-order valence-electron chi connectivity index (χ0n) is 11.4. The number of allylic oxidation sites excluding steroid dienone is 2. The maximum atomic E-state index is 2.49. The summed E-state index contributed by atoms with van der Waals surface area (Å²) in [4.78, 5) is 0. The lowest BCUT2D eigenvalue weighted by atomic mass is 9.73. The molecule has 0 bridgehead atoms. The van der Waals surface area contributed by atoms with Crippen LogP contribution in [0.25, 0.3) is 0 Å². The number of unbranched alkanes of at least 4 members (excludes halogenated alkanes) is 2. The minimum absolute atomic E-state index is 0.939. The van der Waals surface area contributed by atoms with Crippen LogP contribution >= 0.6 is 0 Å². The highest BCUT2D eigenvalue weighted by Gasteiger charge is 2.34. The van der Waals surface area contributed by atoms with Crippen LogP contribution in [0.1, 0.15) is 72.1 Å². The normalized spacial score (nSPS) is 38.8. The Morgan fingerprint density at radius 3 is 2.50 bits per heavy atom. The molecule has 2 rings (SSSR count). The molecule has 0 radical (unpaired) electrons. The maximum Gasteiger partial charge on any atom is -0.0175 e. The van der Waals surface area contributed by atoms with Crippen LogP contribution in [0.2, 0.25) is 0 Å². The van der Waals surface area contributed by atoms with Crippen LogP contribution < -0.4 is 0 Å². The first-order valence-corrected chi connectivity index (χ1v) is 7.45. The van der Waals surface area contributed by atoms with Gasteiger partial charge in [-0.15, -0.1) is 0 Å². The van der Waals surface area contributed by atoms with E-state index < -0.39 is 0 Å². The quantitative estimate of drug-likeness (QED) is 0.443. The summed E-state index contributed by atoms with van der Waals surface area (Å²) in [7, 11) is 0. The van der Waals surface area contributed by atoms with E-state index in [1.807, 2.05) is 11.1 Å². The molecule has 2 saturated carbocycles. The highest BCUT2D eigenvalue weighted by Crippen LogP contribution is 2.48. The zero-order valence-corrected chi connectivity index (χ0v) is 11.4. The highest BCUT2D eigenvalue weighted by molar-refractivity contribution is 5.32. The molecule has 0 heteroatoms. The van der Waals surface area contributed by atoms with Gasteiger partial charge >= 0.3 is 0 Å². The molecule has 0 spiro atoms. The van der Waals surface area contributed by atoms with Gasteiger partial charge in [0.2, 0.25) is 0 Å². The van der Waals surface area contributed by atoms with Crippen molar-refractivity contribution >= 4 is 0 Å². The van der Waals surface area contributed by atoms with Gasteiger partial charge in [-0.25, -0.2) is 0 Å². The molecule has 0 N–H and O–H groups in total. The Kier molecular flexibility index (Phi) is 4.10. The molecule has 0 aromatic heterocycles. The minimum Gasteiger partial charge on any atom is -0.0673 e. The summed E-state index contributed by atoms with van der Waals surface area (Å²) < 4.78 is 0. The van der Waals surface area contributed by atoms with E-state index in [0.717, 1.165) is 17.8 Å². The van der Waals surface area contributed by atoms with Crippen molar-refractivity contribution < 1.29 is 0 Å². The van der Waals surface area contributed by atoms with E-state index in [-0.39, 0.29) is 0 Å². The Balaban J connectivity index is 1.98. The second kappa shape index (κ2) is 5.38. The Morgan fingerprint density at radius 1 is 1.12 bits per heavy atom. The fourth-order valence-electron chi connectivity index (χ4n) is 3.53. The van der Waals surface area contributed by atoms with E-state index in [2.05, 4.69) is 20.8 Å². The van der Waals surface area contributed by atoms with Crippen LogP contribution in [-0.4, -0.2) is 0 Å². The lowest BCUT2D eigenvalue weighted by Crippen LogP contribution is -2.19. The molecule has 0 saturated heterocycles. The van der Waals surface area contributed by atoms with Crippen molar-refractivity contribution in [2.24, 2.45) is 17.8 Å². The maximum absolute atomic E-state index is 2.49. The summed E-state index contributed by atoms with van der Waals surface area (Å²) in [5.74, 6) is 2.86. The molecular formula is C16H28. The summed E-state index contributed by atoms with van der Waals surface area (Å²) in [6.07, 6.45) is 11.5. The first-order chi connectivity index (χ1) is 7.74. The molecule has 0 heterocycles. The topological polar surface area (TPSA) is 0 Å². The van der Waals surface area contributed by atoms with Crippen molar-refractivity contribution in [3.8, 4) is 0 Å². The summed E-state index contributed by atoms with van der Waals surface area (Å²) in [5.41, 5.74) is 3.76. The van der Waals surface area contributed by atoms with Gasteiger partial charge in [0.25, 0.3) is 0 Å². The standard InChI is InChI=1S/C16H28/c1-4-5-6-9-14-12(2)8-7-10-15(14)16-11-13(16)3/h12-14H,4-11H2,1-3H3. The summed E-state index contributed by atoms with van der Waals surface area (Å²) >= 11 is 0.